The number of rotatable bonds is 6. The summed E-state index contributed by atoms with van der Waals surface area (Å²) in [4.78, 5) is 48.9. The van der Waals surface area contributed by atoms with Gasteiger partial charge in [0.05, 0.1) is 17.3 Å². The molecule has 0 aliphatic heterocycles. The minimum Gasteiger partial charge on any atom is -0.348 e. The second-order valence-corrected chi connectivity index (χ2v) is 11.4. The fourth-order valence-corrected chi connectivity index (χ4v) is 6.14. The molecule has 2 aromatic carbocycles. The molecule has 4 aromatic heterocycles. The van der Waals surface area contributed by atoms with Gasteiger partial charge in [0.15, 0.2) is 5.65 Å². The second-order valence-electron chi connectivity index (χ2n) is 11.4. The summed E-state index contributed by atoms with van der Waals surface area (Å²) in [5.74, 6) is -1.49. The van der Waals surface area contributed by atoms with Crippen LogP contribution in [-0.4, -0.2) is 35.5 Å². The molecular formula is C34H28F2N6O3. The van der Waals surface area contributed by atoms with Crippen molar-refractivity contribution in [3.8, 4) is 5.69 Å². The number of fused-ring (bicyclic) bond motifs is 2. The van der Waals surface area contributed by atoms with Crippen LogP contribution in [0.4, 0.5) is 8.78 Å². The average molecular weight is 607 g/mol. The van der Waals surface area contributed by atoms with Crippen molar-refractivity contribution in [1.29, 1.82) is 0 Å². The van der Waals surface area contributed by atoms with Crippen LogP contribution in [0.5, 0.6) is 0 Å². The van der Waals surface area contributed by atoms with Gasteiger partial charge in [-0.15, -0.1) is 0 Å². The Labute approximate surface area is 255 Å². The van der Waals surface area contributed by atoms with Crippen molar-refractivity contribution in [2.75, 3.05) is 0 Å². The molecule has 1 fully saturated rings. The Kier molecular flexibility index (Phi) is 7.28. The molecule has 1 N–H and O–H groups in total. The Balaban J connectivity index is 1.15. The van der Waals surface area contributed by atoms with Crippen LogP contribution in [0.1, 0.15) is 53.3 Å². The van der Waals surface area contributed by atoms with Gasteiger partial charge in [-0.3, -0.25) is 14.2 Å². The van der Waals surface area contributed by atoms with E-state index in [1.807, 2.05) is 42.5 Å². The number of benzene rings is 2. The lowest BCUT2D eigenvalue weighted by Gasteiger charge is -2.30. The number of carbonyl (C=O) groups excluding carboxylic acids is 1. The maximum atomic E-state index is 14.3. The summed E-state index contributed by atoms with van der Waals surface area (Å²) in [5, 5.41) is 2.99. The highest BCUT2D eigenvalue weighted by atomic mass is 19.1. The quantitative estimate of drug-likeness (QED) is 0.288. The van der Waals surface area contributed by atoms with E-state index >= 15 is 0 Å². The summed E-state index contributed by atoms with van der Waals surface area (Å²) in [6, 6.07) is 20.7. The van der Waals surface area contributed by atoms with E-state index in [9.17, 15) is 23.2 Å². The number of carbonyl (C=O) groups is 1. The van der Waals surface area contributed by atoms with E-state index in [1.54, 1.807) is 12.1 Å². The van der Waals surface area contributed by atoms with E-state index in [4.69, 9.17) is 0 Å². The lowest BCUT2D eigenvalue weighted by Crippen LogP contribution is -2.45. The van der Waals surface area contributed by atoms with E-state index in [2.05, 4.69) is 15.3 Å². The van der Waals surface area contributed by atoms with E-state index in [0.29, 0.717) is 37.0 Å². The van der Waals surface area contributed by atoms with Gasteiger partial charge in [-0.1, -0.05) is 42.5 Å². The average Bonchev–Trinajstić information content (AvgIpc) is 3.47. The predicted molar refractivity (Wildman–Crippen MR) is 165 cm³/mol. The minimum atomic E-state index is -0.671. The molecule has 4 heterocycles. The summed E-state index contributed by atoms with van der Waals surface area (Å²) < 4.78 is 31.9. The second kappa shape index (κ2) is 11.6. The maximum absolute atomic E-state index is 14.3. The van der Waals surface area contributed by atoms with Gasteiger partial charge in [0.2, 0.25) is 0 Å². The highest BCUT2D eigenvalue weighted by Gasteiger charge is 2.28. The zero-order chi connectivity index (χ0) is 31.1. The standard InChI is InChI=1S/C34H28F2N6O3/c35-23-8-15-30-39-29(20-40(30)19-23)32(43)38-25-9-13-27(14-10-25)42-33(44)28-17-24(36)18-37-31(28)41(34(42)45)26-11-6-22(7-12-26)16-21-4-2-1-3-5-21/h1-8,11-12,15,17-20,25,27H,9-10,13-14,16H2,(H,38,43)/t25-,27+. The summed E-state index contributed by atoms with van der Waals surface area (Å²) in [7, 11) is 0. The number of amides is 1. The number of pyridine rings is 2. The van der Waals surface area contributed by atoms with Crippen LogP contribution in [0.15, 0.2) is 101 Å². The smallest absolute Gasteiger partial charge is 0.337 e. The molecule has 0 unspecified atom stereocenters. The van der Waals surface area contributed by atoms with Crippen LogP contribution in [0.2, 0.25) is 0 Å². The van der Waals surface area contributed by atoms with Crippen molar-refractivity contribution in [3.63, 3.8) is 0 Å². The topological polar surface area (TPSA) is 103 Å². The van der Waals surface area contributed by atoms with E-state index in [-0.39, 0.29) is 28.7 Å². The monoisotopic (exact) mass is 606 g/mol. The van der Waals surface area contributed by atoms with Crippen LogP contribution >= 0.6 is 0 Å². The first-order chi connectivity index (χ1) is 21.8. The van der Waals surface area contributed by atoms with Crippen LogP contribution in [0.3, 0.4) is 0 Å². The minimum absolute atomic E-state index is 0.0154. The van der Waals surface area contributed by atoms with Gasteiger partial charge in [0.25, 0.3) is 11.5 Å². The Morgan fingerprint density at radius 2 is 1.60 bits per heavy atom. The van der Waals surface area contributed by atoms with Gasteiger partial charge in [-0.25, -0.2) is 28.1 Å². The van der Waals surface area contributed by atoms with Crippen molar-refractivity contribution in [2.45, 2.75) is 44.2 Å². The molecule has 0 spiro atoms. The number of nitrogens with zero attached hydrogens (tertiary/aromatic N) is 5. The Hall–Kier alpha value is -5.45. The molecule has 0 radical (unpaired) electrons. The molecule has 7 rings (SSSR count). The van der Waals surface area contributed by atoms with Crippen LogP contribution in [0.25, 0.3) is 22.4 Å². The van der Waals surface area contributed by atoms with Crippen molar-refractivity contribution in [2.24, 2.45) is 0 Å². The number of halogens is 2. The van der Waals surface area contributed by atoms with Crippen LogP contribution in [0, 0.1) is 11.6 Å². The zero-order valence-corrected chi connectivity index (χ0v) is 24.1. The Morgan fingerprint density at radius 1 is 0.867 bits per heavy atom. The Morgan fingerprint density at radius 3 is 2.36 bits per heavy atom. The molecule has 45 heavy (non-hydrogen) atoms. The number of aromatic nitrogens is 5. The number of nitrogens with one attached hydrogen (secondary N) is 1. The Bertz CT molecular complexity index is 2170. The highest BCUT2D eigenvalue weighted by Crippen LogP contribution is 2.28. The molecule has 0 saturated heterocycles. The number of hydrogen-bond acceptors (Lipinski definition) is 5. The highest BCUT2D eigenvalue weighted by molar-refractivity contribution is 5.93. The first-order valence-corrected chi connectivity index (χ1v) is 14.8. The summed E-state index contributed by atoms with van der Waals surface area (Å²) in [6.45, 7) is 0. The summed E-state index contributed by atoms with van der Waals surface area (Å²) in [6.07, 6.45) is 6.35. The molecule has 0 atom stereocenters. The normalized spacial score (nSPS) is 16.7. The van der Waals surface area contributed by atoms with Gasteiger partial charge in [-0.05, 0) is 73.6 Å². The molecular weight excluding hydrogens is 578 g/mol. The summed E-state index contributed by atoms with van der Waals surface area (Å²) >= 11 is 0. The molecule has 1 aliphatic rings. The molecule has 1 aliphatic carbocycles. The molecule has 0 bridgehead atoms. The molecule has 1 amide bonds. The lowest BCUT2D eigenvalue weighted by atomic mass is 9.90. The van der Waals surface area contributed by atoms with Crippen molar-refractivity contribution in [3.05, 3.63) is 141 Å². The molecule has 6 aromatic rings. The fourth-order valence-electron chi connectivity index (χ4n) is 6.14. The van der Waals surface area contributed by atoms with Crippen molar-refractivity contribution < 1.29 is 13.6 Å². The van der Waals surface area contributed by atoms with Gasteiger partial charge < -0.3 is 9.72 Å². The number of hydrogen-bond donors (Lipinski definition) is 1. The summed E-state index contributed by atoms with van der Waals surface area (Å²) in [5.41, 5.74) is 2.28. The van der Waals surface area contributed by atoms with Gasteiger partial charge in [-0.2, -0.15) is 0 Å². The third-order valence-corrected chi connectivity index (χ3v) is 8.38. The van der Waals surface area contributed by atoms with E-state index in [1.165, 1.54) is 38.1 Å². The molecule has 11 heteroatoms. The molecule has 226 valence electrons. The van der Waals surface area contributed by atoms with Gasteiger partial charge in [0, 0.05) is 24.5 Å². The van der Waals surface area contributed by atoms with Crippen LogP contribution in [-0.2, 0) is 6.42 Å². The predicted octanol–water partition coefficient (Wildman–Crippen LogP) is 4.98. The number of imidazole rings is 1. The van der Waals surface area contributed by atoms with Crippen molar-refractivity contribution in [1.82, 2.24) is 28.8 Å². The maximum Gasteiger partial charge on any atom is 0.337 e. The zero-order valence-electron chi connectivity index (χ0n) is 24.1. The fraction of sp³-hybridized carbons (Fsp3) is 0.206. The van der Waals surface area contributed by atoms with Gasteiger partial charge in [0.1, 0.15) is 23.0 Å². The first kappa shape index (κ1) is 28.3. The van der Waals surface area contributed by atoms with Crippen molar-refractivity contribution >= 4 is 22.6 Å². The third kappa shape index (κ3) is 5.52. The first-order valence-electron chi connectivity index (χ1n) is 14.8. The lowest BCUT2D eigenvalue weighted by molar-refractivity contribution is 0.0917. The third-order valence-electron chi connectivity index (χ3n) is 8.38. The molecule has 9 nitrogen and oxygen atoms in total. The van der Waals surface area contributed by atoms with E-state index < -0.39 is 28.9 Å². The van der Waals surface area contributed by atoms with E-state index in [0.717, 1.165) is 29.8 Å². The van der Waals surface area contributed by atoms with Gasteiger partial charge >= 0.3 is 5.69 Å². The largest absolute Gasteiger partial charge is 0.348 e. The van der Waals surface area contributed by atoms with Crippen LogP contribution < -0.4 is 16.6 Å². The molecule has 1 saturated carbocycles. The SMILES string of the molecule is O=C(N[C@H]1CC[C@@H](n2c(=O)c3cc(F)cnc3n(-c3ccc(Cc4ccccc4)cc3)c2=O)CC1)c1cn2cc(F)ccc2n1.